The number of carbonyl (C=O) groups is 2. The third kappa shape index (κ3) is 3.59. The molecular formula is C18H23N3O3. The fourth-order valence-corrected chi connectivity index (χ4v) is 3.11. The van der Waals surface area contributed by atoms with E-state index in [9.17, 15) is 14.7 Å². The SMILES string of the molecule is CC(=O)NC(Cc1c[nH]c2ccccc12)C(=O)NCC1(O)CCC1. The van der Waals surface area contributed by atoms with Crippen molar-refractivity contribution in [3.05, 3.63) is 36.0 Å². The Bertz CT molecular complexity index is 749. The van der Waals surface area contributed by atoms with Crippen LogP contribution in [0.4, 0.5) is 0 Å². The summed E-state index contributed by atoms with van der Waals surface area (Å²) < 4.78 is 0. The van der Waals surface area contributed by atoms with Gasteiger partial charge < -0.3 is 20.7 Å². The maximum Gasteiger partial charge on any atom is 0.243 e. The number of benzene rings is 1. The summed E-state index contributed by atoms with van der Waals surface area (Å²) in [4.78, 5) is 27.1. The zero-order chi connectivity index (χ0) is 17.2. The lowest BCUT2D eigenvalue weighted by Crippen LogP contribution is -2.53. The number of hydrogen-bond acceptors (Lipinski definition) is 3. The number of nitrogens with one attached hydrogen (secondary N) is 3. The molecule has 1 aromatic heterocycles. The minimum absolute atomic E-state index is 0.232. The Labute approximate surface area is 140 Å². The largest absolute Gasteiger partial charge is 0.388 e. The molecule has 1 saturated carbocycles. The van der Waals surface area contributed by atoms with Gasteiger partial charge in [0.05, 0.1) is 5.60 Å². The Hall–Kier alpha value is -2.34. The van der Waals surface area contributed by atoms with E-state index in [1.807, 2.05) is 30.5 Å². The molecule has 0 bridgehead atoms. The quantitative estimate of drug-likeness (QED) is 0.642. The van der Waals surface area contributed by atoms with Crippen LogP contribution in [0.3, 0.4) is 0 Å². The molecule has 1 aliphatic carbocycles. The molecule has 6 heteroatoms. The molecule has 2 aromatic rings. The van der Waals surface area contributed by atoms with Crippen molar-refractivity contribution in [1.82, 2.24) is 15.6 Å². The summed E-state index contributed by atoms with van der Waals surface area (Å²) in [6, 6.07) is 7.18. The van der Waals surface area contributed by atoms with Crippen molar-refractivity contribution < 1.29 is 14.7 Å². The Kier molecular flexibility index (Phi) is 4.57. The molecule has 1 heterocycles. The number of H-pyrrole nitrogens is 1. The normalized spacial score (nSPS) is 17.1. The first-order valence-corrected chi connectivity index (χ1v) is 8.29. The lowest BCUT2D eigenvalue weighted by Gasteiger charge is -2.36. The molecule has 0 radical (unpaired) electrons. The standard InChI is InChI=1S/C18H23N3O3/c1-12(22)21-16(17(23)20-11-18(24)7-4-8-18)9-13-10-19-15-6-3-2-5-14(13)15/h2-3,5-6,10,16,19,24H,4,7-9,11H2,1H3,(H,20,23)(H,21,22). The van der Waals surface area contributed by atoms with Crippen LogP contribution in [0.5, 0.6) is 0 Å². The first-order chi connectivity index (χ1) is 11.5. The van der Waals surface area contributed by atoms with Gasteiger partial charge in [-0.1, -0.05) is 18.2 Å². The van der Waals surface area contributed by atoms with E-state index in [0.29, 0.717) is 19.3 Å². The maximum absolute atomic E-state index is 12.5. The first-order valence-electron chi connectivity index (χ1n) is 8.29. The number of aliphatic hydroxyl groups is 1. The van der Waals surface area contributed by atoms with Gasteiger partial charge in [-0.3, -0.25) is 9.59 Å². The molecule has 1 aromatic carbocycles. The number of amides is 2. The van der Waals surface area contributed by atoms with E-state index in [0.717, 1.165) is 22.9 Å². The van der Waals surface area contributed by atoms with Gasteiger partial charge in [-0.25, -0.2) is 0 Å². The fraction of sp³-hybridized carbons (Fsp3) is 0.444. The Morgan fingerprint density at radius 2 is 2.08 bits per heavy atom. The maximum atomic E-state index is 12.5. The Morgan fingerprint density at radius 3 is 2.75 bits per heavy atom. The number of rotatable bonds is 6. The zero-order valence-corrected chi connectivity index (χ0v) is 13.8. The van der Waals surface area contributed by atoms with Crippen LogP contribution in [0.15, 0.2) is 30.5 Å². The second-order valence-corrected chi connectivity index (χ2v) is 6.61. The molecule has 1 atom stereocenters. The third-order valence-electron chi connectivity index (χ3n) is 4.67. The van der Waals surface area contributed by atoms with E-state index in [2.05, 4.69) is 15.6 Å². The van der Waals surface area contributed by atoms with Gasteiger partial charge in [0.25, 0.3) is 0 Å². The van der Waals surface area contributed by atoms with Gasteiger partial charge in [0, 0.05) is 37.0 Å². The molecule has 1 unspecified atom stereocenters. The van der Waals surface area contributed by atoms with Gasteiger partial charge in [-0.2, -0.15) is 0 Å². The molecule has 2 amide bonds. The molecule has 0 aliphatic heterocycles. The highest BCUT2D eigenvalue weighted by atomic mass is 16.3. The molecule has 1 aliphatic rings. The number of hydrogen-bond donors (Lipinski definition) is 4. The van der Waals surface area contributed by atoms with Crippen molar-refractivity contribution in [1.29, 1.82) is 0 Å². The lowest BCUT2D eigenvalue weighted by molar-refractivity contribution is -0.129. The van der Waals surface area contributed by atoms with Gasteiger partial charge >= 0.3 is 0 Å². The number of fused-ring (bicyclic) bond motifs is 1. The zero-order valence-electron chi connectivity index (χ0n) is 13.8. The summed E-state index contributed by atoms with van der Waals surface area (Å²) in [6.45, 7) is 1.63. The number of para-hydroxylation sites is 1. The molecule has 0 saturated heterocycles. The third-order valence-corrected chi connectivity index (χ3v) is 4.67. The highest BCUT2D eigenvalue weighted by Gasteiger charge is 2.35. The smallest absolute Gasteiger partial charge is 0.243 e. The number of aromatic nitrogens is 1. The van der Waals surface area contributed by atoms with Gasteiger partial charge in [-0.15, -0.1) is 0 Å². The van der Waals surface area contributed by atoms with Gasteiger partial charge in [-0.05, 0) is 30.9 Å². The predicted molar refractivity (Wildman–Crippen MR) is 91.4 cm³/mol. The van der Waals surface area contributed by atoms with E-state index < -0.39 is 11.6 Å². The van der Waals surface area contributed by atoms with E-state index in [1.165, 1.54) is 6.92 Å². The van der Waals surface area contributed by atoms with Crippen molar-refractivity contribution >= 4 is 22.7 Å². The topological polar surface area (TPSA) is 94.2 Å². The predicted octanol–water partition coefficient (Wildman–Crippen LogP) is 1.25. The summed E-state index contributed by atoms with van der Waals surface area (Å²) in [6.07, 6.45) is 4.66. The number of aromatic amines is 1. The van der Waals surface area contributed by atoms with E-state index in [-0.39, 0.29) is 18.4 Å². The average Bonchev–Trinajstić information content (AvgIpc) is 2.93. The van der Waals surface area contributed by atoms with Crippen LogP contribution < -0.4 is 10.6 Å². The summed E-state index contributed by atoms with van der Waals surface area (Å²) in [5, 5.41) is 16.6. The highest BCUT2D eigenvalue weighted by molar-refractivity contribution is 5.89. The number of carbonyl (C=O) groups excluding carboxylic acids is 2. The van der Waals surface area contributed by atoms with Gasteiger partial charge in [0.15, 0.2) is 0 Å². The fourth-order valence-electron chi connectivity index (χ4n) is 3.11. The van der Waals surface area contributed by atoms with Crippen molar-refractivity contribution in [2.75, 3.05) is 6.54 Å². The van der Waals surface area contributed by atoms with Crippen molar-refractivity contribution in [3.8, 4) is 0 Å². The summed E-state index contributed by atoms with van der Waals surface area (Å²) in [5.41, 5.74) is 1.19. The van der Waals surface area contributed by atoms with Crippen molar-refractivity contribution in [3.63, 3.8) is 0 Å². The van der Waals surface area contributed by atoms with E-state index in [1.54, 1.807) is 0 Å². The van der Waals surface area contributed by atoms with Crippen LogP contribution in [0.2, 0.25) is 0 Å². The lowest BCUT2D eigenvalue weighted by atomic mass is 9.80. The molecule has 24 heavy (non-hydrogen) atoms. The molecule has 1 fully saturated rings. The van der Waals surface area contributed by atoms with Crippen LogP contribution in [0.1, 0.15) is 31.7 Å². The molecule has 128 valence electrons. The minimum Gasteiger partial charge on any atom is -0.388 e. The molecule has 4 N–H and O–H groups in total. The molecule has 0 spiro atoms. The first kappa shape index (κ1) is 16.5. The Morgan fingerprint density at radius 1 is 1.33 bits per heavy atom. The van der Waals surface area contributed by atoms with Crippen LogP contribution in [0.25, 0.3) is 10.9 Å². The van der Waals surface area contributed by atoms with Gasteiger partial charge in [0.2, 0.25) is 11.8 Å². The summed E-state index contributed by atoms with van der Waals surface area (Å²) in [5.74, 6) is -0.520. The van der Waals surface area contributed by atoms with Crippen molar-refractivity contribution in [2.45, 2.75) is 44.2 Å². The van der Waals surface area contributed by atoms with Crippen LogP contribution in [0, 0.1) is 0 Å². The monoisotopic (exact) mass is 329 g/mol. The van der Waals surface area contributed by atoms with Crippen LogP contribution in [-0.2, 0) is 16.0 Å². The minimum atomic E-state index is -0.781. The van der Waals surface area contributed by atoms with Crippen LogP contribution in [-0.4, -0.2) is 40.1 Å². The van der Waals surface area contributed by atoms with Crippen molar-refractivity contribution in [2.24, 2.45) is 0 Å². The van der Waals surface area contributed by atoms with Crippen LogP contribution >= 0.6 is 0 Å². The van der Waals surface area contributed by atoms with Gasteiger partial charge in [0.1, 0.15) is 6.04 Å². The summed E-state index contributed by atoms with van der Waals surface area (Å²) in [7, 11) is 0. The van der Waals surface area contributed by atoms with E-state index in [4.69, 9.17) is 0 Å². The average molecular weight is 329 g/mol. The highest BCUT2D eigenvalue weighted by Crippen LogP contribution is 2.30. The molecular weight excluding hydrogens is 306 g/mol. The second-order valence-electron chi connectivity index (χ2n) is 6.61. The van der Waals surface area contributed by atoms with E-state index >= 15 is 0 Å². The summed E-state index contributed by atoms with van der Waals surface area (Å²) >= 11 is 0. The second kappa shape index (κ2) is 6.65. The molecule has 6 nitrogen and oxygen atoms in total. The molecule has 3 rings (SSSR count). The Balaban J connectivity index is 1.71.